The minimum atomic E-state index is -0.903. The molecule has 0 spiro atoms. The van der Waals surface area contributed by atoms with E-state index in [-0.39, 0.29) is 16.8 Å². The number of nitrogens with one attached hydrogen (secondary N) is 4. The van der Waals surface area contributed by atoms with Crippen LogP contribution in [0.5, 0.6) is 5.75 Å². The van der Waals surface area contributed by atoms with Crippen LogP contribution in [0.4, 0.5) is 30.6 Å². The second kappa shape index (κ2) is 10.2. The first-order valence-corrected chi connectivity index (χ1v) is 9.82. The van der Waals surface area contributed by atoms with E-state index in [2.05, 4.69) is 21.3 Å². The Hall–Kier alpha value is -4.47. The van der Waals surface area contributed by atoms with Gasteiger partial charge in [-0.3, -0.25) is 9.59 Å². The summed E-state index contributed by atoms with van der Waals surface area (Å²) in [6, 6.07) is 12.2. The molecule has 0 atom stereocenters. The number of anilines is 3. The number of phenols is 1. The Morgan fingerprint density at radius 2 is 1.39 bits per heavy atom. The van der Waals surface area contributed by atoms with Crippen molar-refractivity contribution >= 4 is 34.9 Å². The second-order valence-electron chi connectivity index (χ2n) is 6.86. The average Bonchev–Trinajstić information content (AvgIpc) is 2.73. The van der Waals surface area contributed by atoms with E-state index in [0.717, 1.165) is 18.2 Å². The molecule has 0 aliphatic carbocycles. The van der Waals surface area contributed by atoms with Crippen molar-refractivity contribution in [3.8, 4) is 5.75 Å². The highest BCUT2D eigenvalue weighted by Gasteiger charge is 2.15. The minimum Gasteiger partial charge on any atom is -0.507 e. The average molecular weight is 454 g/mol. The molecule has 0 bridgehead atoms. The van der Waals surface area contributed by atoms with Crippen LogP contribution in [0.2, 0.25) is 0 Å². The standard InChI is InChI=1S/C23H20F2N4O4/c1-2-26-23(33)29-17-5-3-4-16(11-17)28-22(32)19-7-6-18(12-20(19)30)27-21(31)13-8-14(24)10-15(25)9-13/h3-12,30H,2H2,1H3,(H,27,31)(H,28,32)(H2,26,29,33). The quantitative estimate of drug-likeness (QED) is 0.381. The summed E-state index contributed by atoms with van der Waals surface area (Å²) < 4.78 is 26.6. The molecular formula is C23H20F2N4O4. The fourth-order valence-corrected chi connectivity index (χ4v) is 2.90. The molecule has 0 radical (unpaired) electrons. The van der Waals surface area contributed by atoms with Crippen molar-refractivity contribution in [2.75, 3.05) is 22.5 Å². The molecule has 3 aromatic rings. The predicted molar refractivity (Wildman–Crippen MR) is 120 cm³/mol. The lowest BCUT2D eigenvalue weighted by molar-refractivity contribution is 0.101. The lowest BCUT2D eigenvalue weighted by Crippen LogP contribution is -2.28. The van der Waals surface area contributed by atoms with E-state index < -0.39 is 35.2 Å². The van der Waals surface area contributed by atoms with Crippen LogP contribution in [-0.4, -0.2) is 29.5 Å². The fourth-order valence-electron chi connectivity index (χ4n) is 2.90. The molecule has 0 heterocycles. The van der Waals surface area contributed by atoms with E-state index in [1.54, 1.807) is 25.1 Å². The monoisotopic (exact) mass is 454 g/mol. The smallest absolute Gasteiger partial charge is 0.319 e. The van der Waals surface area contributed by atoms with Gasteiger partial charge in [0.05, 0.1) is 5.56 Å². The molecule has 0 aliphatic heterocycles. The molecule has 10 heteroatoms. The maximum atomic E-state index is 13.3. The number of amides is 4. The van der Waals surface area contributed by atoms with Gasteiger partial charge in [0.2, 0.25) is 0 Å². The van der Waals surface area contributed by atoms with Gasteiger partial charge in [-0.05, 0) is 49.4 Å². The number of benzene rings is 3. The third-order valence-corrected chi connectivity index (χ3v) is 4.34. The zero-order chi connectivity index (χ0) is 24.0. The number of hydrogen-bond donors (Lipinski definition) is 5. The number of phenolic OH excluding ortho intramolecular Hbond substituents is 1. The van der Waals surface area contributed by atoms with Gasteiger partial charge < -0.3 is 26.4 Å². The van der Waals surface area contributed by atoms with Crippen LogP contribution in [0, 0.1) is 11.6 Å². The zero-order valence-electron chi connectivity index (χ0n) is 17.4. The predicted octanol–water partition coefficient (Wildman–Crippen LogP) is 4.32. The summed E-state index contributed by atoms with van der Waals surface area (Å²) >= 11 is 0. The Labute approximate surface area is 187 Å². The molecule has 0 aromatic heterocycles. The van der Waals surface area contributed by atoms with Crippen LogP contribution in [0.3, 0.4) is 0 Å². The van der Waals surface area contributed by atoms with Crippen molar-refractivity contribution in [2.24, 2.45) is 0 Å². The van der Waals surface area contributed by atoms with Crippen LogP contribution in [0.25, 0.3) is 0 Å². The molecule has 170 valence electrons. The summed E-state index contributed by atoms with van der Waals surface area (Å²) in [6.07, 6.45) is 0. The van der Waals surface area contributed by atoms with Crippen LogP contribution in [0.1, 0.15) is 27.6 Å². The zero-order valence-corrected chi connectivity index (χ0v) is 17.4. The Kier molecular flexibility index (Phi) is 7.19. The van der Waals surface area contributed by atoms with Crippen LogP contribution in [0.15, 0.2) is 60.7 Å². The van der Waals surface area contributed by atoms with Crippen molar-refractivity contribution < 1.29 is 28.3 Å². The third-order valence-electron chi connectivity index (χ3n) is 4.34. The number of carbonyl (C=O) groups excluding carboxylic acids is 3. The van der Waals surface area contributed by atoms with E-state index in [0.29, 0.717) is 24.0 Å². The fraction of sp³-hybridized carbons (Fsp3) is 0.0870. The van der Waals surface area contributed by atoms with Gasteiger partial charge in [-0.25, -0.2) is 13.6 Å². The Morgan fingerprint density at radius 1 is 0.788 bits per heavy atom. The molecular weight excluding hydrogens is 434 g/mol. The largest absolute Gasteiger partial charge is 0.507 e. The van der Waals surface area contributed by atoms with Gasteiger partial charge in [0.25, 0.3) is 11.8 Å². The number of carbonyl (C=O) groups is 3. The lowest BCUT2D eigenvalue weighted by Gasteiger charge is -2.11. The molecule has 4 amide bonds. The van der Waals surface area contributed by atoms with E-state index in [1.807, 2.05) is 0 Å². The second-order valence-corrected chi connectivity index (χ2v) is 6.86. The van der Waals surface area contributed by atoms with Gasteiger partial charge >= 0.3 is 6.03 Å². The van der Waals surface area contributed by atoms with E-state index in [4.69, 9.17) is 0 Å². The topological polar surface area (TPSA) is 120 Å². The highest BCUT2D eigenvalue weighted by molar-refractivity contribution is 6.08. The van der Waals surface area contributed by atoms with E-state index in [9.17, 15) is 28.3 Å². The van der Waals surface area contributed by atoms with Crippen molar-refractivity contribution in [2.45, 2.75) is 6.92 Å². The highest BCUT2D eigenvalue weighted by Crippen LogP contribution is 2.24. The summed E-state index contributed by atoms with van der Waals surface area (Å²) in [7, 11) is 0. The Bertz CT molecular complexity index is 1200. The minimum absolute atomic E-state index is 0.0770. The highest BCUT2D eigenvalue weighted by atomic mass is 19.1. The number of urea groups is 1. The van der Waals surface area contributed by atoms with Crippen LogP contribution in [-0.2, 0) is 0 Å². The Balaban J connectivity index is 1.69. The molecule has 0 fully saturated rings. The van der Waals surface area contributed by atoms with Gasteiger partial charge in [0, 0.05) is 41.3 Å². The molecule has 33 heavy (non-hydrogen) atoms. The van der Waals surface area contributed by atoms with E-state index >= 15 is 0 Å². The summed E-state index contributed by atoms with van der Waals surface area (Å²) in [5.41, 5.74) is 0.627. The normalized spacial score (nSPS) is 10.3. The Morgan fingerprint density at radius 3 is 2.03 bits per heavy atom. The third kappa shape index (κ3) is 6.26. The van der Waals surface area contributed by atoms with Gasteiger partial charge in [-0.1, -0.05) is 6.07 Å². The van der Waals surface area contributed by atoms with Gasteiger partial charge in [0.15, 0.2) is 0 Å². The lowest BCUT2D eigenvalue weighted by atomic mass is 10.1. The molecule has 8 nitrogen and oxygen atoms in total. The van der Waals surface area contributed by atoms with Gasteiger partial charge in [-0.2, -0.15) is 0 Å². The first-order valence-electron chi connectivity index (χ1n) is 9.82. The summed E-state index contributed by atoms with van der Waals surface area (Å²) in [6.45, 7) is 2.23. The maximum Gasteiger partial charge on any atom is 0.319 e. The van der Waals surface area contributed by atoms with Crippen molar-refractivity contribution in [3.05, 3.63) is 83.4 Å². The molecule has 3 rings (SSSR count). The molecule has 5 N–H and O–H groups in total. The molecule has 0 saturated carbocycles. The molecule has 0 unspecified atom stereocenters. The first kappa shape index (κ1) is 23.2. The summed E-state index contributed by atoms with van der Waals surface area (Å²) in [4.78, 5) is 36.4. The molecule has 0 saturated heterocycles. The molecule has 0 aliphatic rings. The van der Waals surface area contributed by atoms with Gasteiger partial charge in [0.1, 0.15) is 17.4 Å². The van der Waals surface area contributed by atoms with Crippen molar-refractivity contribution in [3.63, 3.8) is 0 Å². The molecule has 3 aromatic carbocycles. The number of hydrogen-bond acceptors (Lipinski definition) is 4. The number of aromatic hydroxyl groups is 1. The summed E-state index contributed by atoms with van der Waals surface area (Å²) in [5.74, 6) is -3.65. The maximum absolute atomic E-state index is 13.3. The van der Waals surface area contributed by atoms with Gasteiger partial charge in [-0.15, -0.1) is 0 Å². The van der Waals surface area contributed by atoms with E-state index in [1.165, 1.54) is 18.2 Å². The summed E-state index contributed by atoms with van der Waals surface area (Å²) in [5, 5.41) is 20.4. The van der Waals surface area contributed by atoms with Crippen molar-refractivity contribution in [1.29, 1.82) is 0 Å². The number of rotatable bonds is 6. The first-order chi connectivity index (χ1) is 15.7. The number of halogens is 2. The SMILES string of the molecule is CCNC(=O)Nc1cccc(NC(=O)c2ccc(NC(=O)c3cc(F)cc(F)c3)cc2O)c1. The van der Waals surface area contributed by atoms with Crippen LogP contribution >= 0.6 is 0 Å². The van der Waals surface area contributed by atoms with Crippen LogP contribution < -0.4 is 21.3 Å². The van der Waals surface area contributed by atoms with Crippen molar-refractivity contribution in [1.82, 2.24) is 5.32 Å².